The van der Waals surface area contributed by atoms with Crippen molar-refractivity contribution in [1.82, 2.24) is 16.0 Å². The summed E-state index contributed by atoms with van der Waals surface area (Å²) in [6, 6.07) is 4.66. The highest BCUT2D eigenvalue weighted by Crippen LogP contribution is 2.09. The molecule has 0 bridgehead atoms. The number of primary amides is 1. The summed E-state index contributed by atoms with van der Waals surface area (Å²) in [6.45, 7) is 6.74. The van der Waals surface area contributed by atoms with Gasteiger partial charge in [0.2, 0.25) is 23.6 Å². The number of nitrogens with one attached hydrogen (secondary N) is 3. The van der Waals surface area contributed by atoms with Crippen LogP contribution in [0.2, 0.25) is 0 Å². The van der Waals surface area contributed by atoms with Gasteiger partial charge in [-0.1, -0.05) is 58.0 Å². The van der Waals surface area contributed by atoms with Gasteiger partial charge in [0.1, 0.15) is 18.1 Å². The molecule has 1 aromatic rings. The highest BCUT2D eigenvalue weighted by atomic mass is 16.4. The Bertz CT molecular complexity index is 890. The van der Waals surface area contributed by atoms with Crippen molar-refractivity contribution in [3.8, 4) is 0 Å². The van der Waals surface area contributed by atoms with Crippen LogP contribution in [0.15, 0.2) is 30.3 Å². The van der Waals surface area contributed by atoms with Gasteiger partial charge < -0.3 is 32.5 Å². The molecule has 0 heterocycles. The fourth-order valence-electron chi connectivity index (χ4n) is 3.31. The second-order valence-corrected chi connectivity index (χ2v) is 9.16. The summed E-state index contributed by atoms with van der Waals surface area (Å²) < 4.78 is 0. The number of carboxylic acid groups (broad SMARTS) is 1. The van der Waals surface area contributed by atoms with E-state index in [1.165, 1.54) is 0 Å². The molecule has 11 heteroatoms. The number of aliphatic carboxylic acids is 1. The number of hydrogen-bond donors (Lipinski definition) is 6. The van der Waals surface area contributed by atoms with Crippen molar-refractivity contribution < 1.29 is 29.1 Å². The van der Waals surface area contributed by atoms with E-state index in [2.05, 4.69) is 16.0 Å². The maximum Gasteiger partial charge on any atom is 0.326 e. The summed E-state index contributed by atoms with van der Waals surface area (Å²) in [5.74, 6) is -4.43. The minimum absolute atomic E-state index is 0.0175. The third-order valence-corrected chi connectivity index (χ3v) is 5.43. The molecule has 35 heavy (non-hydrogen) atoms. The lowest BCUT2D eigenvalue weighted by Crippen LogP contribution is -2.59. The SMILES string of the molecule is CC(C)C(NC(=O)C(NC(=O)C(Cc1ccccc1)NC(=O)C(N)CCC(N)=O)C(C)C)C(=O)O. The van der Waals surface area contributed by atoms with Gasteiger partial charge in [-0.2, -0.15) is 0 Å². The van der Waals surface area contributed by atoms with Crippen molar-refractivity contribution in [3.05, 3.63) is 35.9 Å². The Morgan fingerprint density at radius 1 is 0.829 bits per heavy atom. The van der Waals surface area contributed by atoms with Gasteiger partial charge in [-0.25, -0.2) is 4.79 Å². The van der Waals surface area contributed by atoms with Crippen LogP contribution >= 0.6 is 0 Å². The summed E-state index contributed by atoms with van der Waals surface area (Å²) in [6.07, 6.45) is 0.0567. The molecule has 0 aromatic heterocycles. The van der Waals surface area contributed by atoms with E-state index in [-0.39, 0.29) is 31.1 Å². The van der Waals surface area contributed by atoms with Crippen LogP contribution in [0.4, 0.5) is 0 Å². The maximum absolute atomic E-state index is 13.2. The molecule has 8 N–H and O–H groups in total. The summed E-state index contributed by atoms with van der Waals surface area (Å²) in [5.41, 5.74) is 11.7. The normalized spacial score (nSPS) is 14.5. The van der Waals surface area contributed by atoms with Crippen LogP contribution in [-0.4, -0.2) is 58.9 Å². The van der Waals surface area contributed by atoms with E-state index in [0.29, 0.717) is 0 Å². The Balaban J connectivity index is 3.06. The zero-order valence-corrected chi connectivity index (χ0v) is 20.6. The molecule has 4 atom stereocenters. The Kier molecular flexibility index (Phi) is 11.9. The lowest BCUT2D eigenvalue weighted by atomic mass is 9.99. The molecule has 11 nitrogen and oxygen atoms in total. The average Bonchev–Trinajstić information content (AvgIpc) is 2.78. The van der Waals surface area contributed by atoms with Crippen LogP contribution in [0.1, 0.15) is 46.1 Å². The maximum atomic E-state index is 13.2. The lowest BCUT2D eigenvalue weighted by molar-refractivity contribution is -0.144. The molecule has 0 aliphatic rings. The van der Waals surface area contributed by atoms with Gasteiger partial charge >= 0.3 is 5.97 Å². The highest BCUT2D eigenvalue weighted by molar-refractivity contribution is 5.94. The van der Waals surface area contributed by atoms with E-state index in [1.54, 1.807) is 52.0 Å². The summed E-state index contributed by atoms with van der Waals surface area (Å²) in [5, 5.41) is 17.1. The zero-order valence-electron chi connectivity index (χ0n) is 20.6. The Morgan fingerprint density at radius 3 is 1.86 bits per heavy atom. The molecule has 1 rings (SSSR count). The number of carbonyl (C=O) groups is 5. The monoisotopic (exact) mass is 491 g/mol. The van der Waals surface area contributed by atoms with Gasteiger partial charge in [0.05, 0.1) is 6.04 Å². The van der Waals surface area contributed by atoms with E-state index in [9.17, 15) is 29.1 Å². The zero-order chi connectivity index (χ0) is 26.7. The molecule has 0 spiro atoms. The predicted molar refractivity (Wildman–Crippen MR) is 130 cm³/mol. The van der Waals surface area contributed by atoms with Crippen molar-refractivity contribution in [1.29, 1.82) is 0 Å². The molecule has 0 radical (unpaired) electrons. The number of rotatable bonds is 14. The molecule has 0 saturated heterocycles. The molecule has 0 saturated carbocycles. The van der Waals surface area contributed by atoms with Crippen LogP contribution in [-0.2, 0) is 30.4 Å². The molecule has 0 aliphatic carbocycles. The molecule has 4 amide bonds. The molecule has 1 aromatic carbocycles. The first-order valence-electron chi connectivity index (χ1n) is 11.5. The van der Waals surface area contributed by atoms with Gasteiger partial charge in [0.25, 0.3) is 0 Å². The third kappa shape index (κ3) is 10.1. The van der Waals surface area contributed by atoms with Crippen molar-refractivity contribution in [2.75, 3.05) is 0 Å². The minimum atomic E-state index is -1.18. The topological polar surface area (TPSA) is 194 Å². The van der Waals surface area contributed by atoms with E-state index < -0.39 is 53.8 Å². The molecule has 0 aliphatic heterocycles. The standard InChI is InChI=1S/C24H37N5O6/c1-13(2)19(23(33)29-20(14(3)4)24(34)35)28-22(32)17(12-15-8-6-5-7-9-15)27-21(31)16(25)10-11-18(26)30/h5-9,13-14,16-17,19-20H,10-12,25H2,1-4H3,(H2,26,30)(H,27,31)(H,28,32)(H,29,33)(H,34,35). The largest absolute Gasteiger partial charge is 0.480 e. The van der Waals surface area contributed by atoms with Crippen molar-refractivity contribution in [2.45, 2.75) is 71.1 Å². The number of amides is 4. The van der Waals surface area contributed by atoms with Crippen LogP contribution in [0.5, 0.6) is 0 Å². The van der Waals surface area contributed by atoms with Gasteiger partial charge in [0, 0.05) is 12.8 Å². The fourth-order valence-corrected chi connectivity index (χ4v) is 3.31. The second kappa shape index (κ2) is 14.1. The third-order valence-electron chi connectivity index (χ3n) is 5.43. The van der Waals surface area contributed by atoms with Crippen molar-refractivity contribution in [2.24, 2.45) is 23.3 Å². The van der Waals surface area contributed by atoms with Gasteiger partial charge in [-0.15, -0.1) is 0 Å². The summed E-state index contributed by atoms with van der Waals surface area (Å²) in [4.78, 5) is 61.2. The van der Waals surface area contributed by atoms with Crippen LogP contribution < -0.4 is 27.4 Å². The van der Waals surface area contributed by atoms with Gasteiger partial charge in [-0.3, -0.25) is 19.2 Å². The Labute approximate surface area is 205 Å². The number of hydrogen-bond acceptors (Lipinski definition) is 6. The quantitative estimate of drug-likeness (QED) is 0.205. The molecule has 0 fully saturated rings. The smallest absolute Gasteiger partial charge is 0.326 e. The van der Waals surface area contributed by atoms with Gasteiger partial charge in [0.15, 0.2) is 0 Å². The van der Waals surface area contributed by atoms with E-state index in [0.717, 1.165) is 5.56 Å². The predicted octanol–water partition coefficient (Wildman–Crippen LogP) is -0.327. The number of nitrogens with two attached hydrogens (primary N) is 2. The fraction of sp³-hybridized carbons (Fsp3) is 0.542. The number of carbonyl (C=O) groups excluding carboxylic acids is 4. The Morgan fingerprint density at radius 2 is 1.37 bits per heavy atom. The number of carboxylic acids is 1. The lowest BCUT2D eigenvalue weighted by Gasteiger charge is -2.28. The first kappa shape index (κ1) is 29.6. The molecular formula is C24H37N5O6. The molecule has 194 valence electrons. The second-order valence-electron chi connectivity index (χ2n) is 9.16. The van der Waals surface area contributed by atoms with Crippen LogP contribution in [0.25, 0.3) is 0 Å². The first-order valence-corrected chi connectivity index (χ1v) is 11.5. The molecular weight excluding hydrogens is 454 g/mol. The van der Waals surface area contributed by atoms with E-state index >= 15 is 0 Å². The van der Waals surface area contributed by atoms with E-state index in [4.69, 9.17) is 11.5 Å². The molecule has 4 unspecified atom stereocenters. The van der Waals surface area contributed by atoms with E-state index in [1.807, 2.05) is 6.07 Å². The van der Waals surface area contributed by atoms with Gasteiger partial charge in [-0.05, 0) is 23.8 Å². The highest BCUT2D eigenvalue weighted by Gasteiger charge is 2.32. The van der Waals surface area contributed by atoms with Crippen molar-refractivity contribution in [3.63, 3.8) is 0 Å². The average molecular weight is 492 g/mol. The van der Waals surface area contributed by atoms with Crippen molar-refractivity contribution >= 4 is 29.6 Å². The van der Waals surface area contributed by atoms with Crippen LogP contribution in [0, 0.1) is 11.8 Å². The summed E-state index contributed by atoms with van der Waals surface area (Å²) in [7, 11) is 0. The first-order chi connectivity index (χ1) is 16.3. The number of benzene rings is 1. The Hall–Kier alpha value is -3.47. The minimum Gasteiger partial charge on any atom is -0.480 e. The summed E-state index contributed by atoms with van der Waals surface area (Å²) >= 11 is 0. The van der Waals surface area contributed by atoms with Crippen LogP contribution in [0.3, 0.4) is 0 Å².